The van der Waals surface area contributed by atoms with E-state index in [0.717, 1.165) is 10.6 Å². The Balaban J connectivity index is 2.09. The fourth-order valence-corrected chi connectivity index (χ4v) is 3.20. The molecule has 6 heteroatoms. The SMILES string of the molecule is CCOC(=O)c1c(C)[nH]c(C(=O)CSc2ccc(OC)cc2)c1C. The van der Waals surface area contributed by atoms with Crippen molar-refractivity contribution in [3.8, 4) is 5.75 Å². The monoisotopic (exact) mass is 347 g/mol. The summed E-state index contributed by atoms with van der Waals surface area (Å²) in [6.07, 6.45) is 0. The van der Waals surface area contributed by atoms with Gasteiger partial charge in [0.1, 0.15) is 5.75 Å². The third-order valence-electron chi connectivity index (χ3n) is 3.63. The Labute approximate surface area is 145 Å². The van der Waals surface area contributed by atoms with Crippen LogP contribution in [0.25, 0.3) is 0 Å². The standard InChI is InChI=1S/C18H21NO4S/c1-5-23-18(21)16-11(2)17(19-12(16)3)15(20)10-24-14-8-6-13(22-4)7-9-14/h6-9,19H,5,10H2,1-4H3. The van der Waals surface area contributed by atoms with Gasteiger partial charge >= 0.3 is 5.97 Å². The highest BCUT2D eigenvalue weighted by Crippen LogP contribution is 2.24. The van der Waals surface area contributed by atoms with Gasteiger partial charge in [-0.2, -0.15) is 0 Å². The number of H-pyrrole nitrogens is 1. The molecule has 1 aromatic carbocycles. The van der Waals surface area contributed by atoms with Gasteiger partial charge in [0, 0.05) is 10.6 Å². The van der Waals surface area contributed by atoms with Gasteiger partial charge < -0.3 is 14.5 Å². The van der Waals surface area contributed by atoms with Crippen LogP contribution in [-0.2, 0) is 4.74 Å². The number of thioether (sulfide) groups is 1. The van der Waals surface area contributed by atoms with E-state index in [0.29, 0.717) is 29.1 Å². The molecule has 128 valence electrons. The zero-order valence-corrected chi connectivity index (χ0v) is 15.1. The van der Waals surface area contributed by atoms with Crippen LogP contribution >= 0.6 is 11.8 Å². The molecule has 0 unspecified atom stereocenters. The van der Waals surface area contributed by atoms with Crippen LogP contribution in [0.3, 0.4) is 0 Å². The van der Waals surface area contributed by atoms with Crippen LogP contribution in [0.5, 0.6) is 5.75 Å². The van der Waals surface area contributed by atoms with Crippen molar-refractivity contribution in [2.45, 2.75) is 25.7 Å². The van der Waals surface area contributed by atoms with E-state index in [1.807, 2.05) is 24.3 Å². The number of aryl methyl sites for hydroxylation is 1. The summed E-state index contributed by atoms with van der Waals surface area (Å²) in [6, 6.07) is 7.53. The topological polar surface area (TPSA) is 68.4 Å². The maximum absolute atomic E-state index is 12.5. The highest BCUT2D eigenvalue weighted by molar-refractivity contribution is 8.00. The zero-order chi connectivity index (χ0) is 17.7. The molecule has 2 rings (SSSR count). The van der Waals surface area contributed by atoms with E-state index in [1.54, 1.807) is 27.9 Å². The first-order chi connectivity index (χ1) is 11.5. The number of hydrogen-bond donors (Lipinski definition) is 1. The number of rotatable bonds is 7. The Kier molecular flexibility index (Phi) is 6.09. The van der Waals surface area contributed by atoms with Crippen molar-refractivity contribution < 1.29 is 19.1 Å². The molecule has 1 aromatic heterocycles. The molecule has 1 N–H and O–H groups in total. The number of carbonyl (C=O) groups is 2. The molecule has 24 heavy (non-hydrogen) atoms. The molecule has 0 radical (unpaired) electrons. The number of benzene rings is 1. The summed E-state index contributed by atoms with van der Waals surface area (Å²) in [5, 5.41) is 0. The molecule has 0 aliphatic rings. The molecule has 0 spiro atoms. The number of hydrogen-bond acceptors (Lipinski definition) is 5. The summed E-state index contributed by atoms with van der Waals surface area (Å²) >= 11 is 1.44. The number of ether oxygens (including phenoxy) is 2. The van der Waals surface area contributed by atoms with Gasteiger partial charge in [0.15, 0.2) is 5.78 Å². The lowest BCUT2D eigenvalue weighted by Gasteiger charge is -2.04. The Morgan fingerprint density at radius 1 is 1.17 bits per heavy atom. The number of ketones is 1. The second-order valence-corrected chi connectivity index (χ2v) is 6.28. The average molecular weight is 347 g/mol. The Bertz CT molecular complexity index is 734. The number of aromatic nitrogens is 1. The molecule has 5 nitrogen and oxygen atoms in total. The Hall–Kier alpha value is -2.21. The van der Waals surface area contributed by atoms with Crippen molar-refractivity contribution >= 4 is 23.5 Å². The normalized spacial score (nSPS) is 10.5. The van der Waals surface area contributed by atoms with Gasteiger partial charge in [-0.3, -0.25) is 4.79 Å². The van der Waals surface area contributed by atoms with Gasteiger partial charge in [0.2, 0.25) is 0 Å². The van der Waals surface area contributed by atoms with Crippen molar-refractivity contribution in [1.82, 2.24) is 4.98 Å². The van der Waals surface area contributed by atoms with Gasteiger partial charge in [0.05, 0.1) is 30.7 Å². The van der Waals surface area contributed by atoms with Crippen molar-refractivity contribution in [2.24, 2.45) is 0 Å². The summed E-state index contributed by atoms with van der Waals surface area (Å²) in [5.74, 6) is 0.619. The van der Waals surface area contributed by atoms with Gasteiger partial charge in [-0.1, -0.05) is 0 Å². The molecule has 0 amide bonds. The first kappa shape index (κ1) is 18.1. The van der Waals surface area contributed by atoms with Crippen molar-refractivity contribution in [3.63, 3.8) is 0 Å². The zero-order valence-electron chi connectivity index (χ0n) is 14.3. The average Bonchev–Trinajstić information content (AvgIpc) is 2.88. The van der Waals surface area contributed by atoms with Crippen LogP contribution in [0, 0.1) is 13.8 Å². The summed E-state index contributed by atoms with van der Waals surface area (Å²) < 4.78 is 10.2. The molecule has 1 heterocycles. The number of aromatic amines is 1. The van der Waals surface area contributed by atoms with E-state index in [4.69, 9.17) is 9.47 Å². The van der Waals surface area contributed by atoms with Crippen LogP contribution in [0.2, 0.25) is 0 Å². The van der Waals surface area contributed by atoms with Crippen LogP contribution in [0.15, 0.2) is 29.2 Å². The van der Waals surface area contributed by atoms with E-state index in [1.165, 1.54) is 11.8 Å². The highest BCUT2D eigenvalue weighted by atomic mass is 32.2. The number of Topliss-reactive ketones (excluding diaryl/α,β-unsaturated/α-hetero) is 1. The van der Waals surface area contributed by atoms with Crippen LogP contribution in [-0.4, -0.2) is 36.2 Å². The second kappa shape index (κ2) is 8.06. The van der Waals surface area contributed by atoms with Crippen LogP contribution in [0.1, 0.15) is 39.0 Å². The summed E-state index contributed by atoms with van der Waals surface area (Å²) in [6.45, 7) is 5.60. The van der Waals surface area contributed by atoms with Crippen molar-refractivity contribution in [1.29, 1.82) is 0 Å². The summed E-state index contributed by atoms with van der Waals surface area (Å²) in [4.78, 5) is 28.5. The predicted octanol–water partition coefficient (Wildman–Crippen LogP) is 3.79. The molecule has 0 aliphatic carbocycles. The second-order valence-electron chi connectivity index (χ2n) is 5.23. The molecule has 2 aromatic rings. The molecule has 0 fully saturated rings. The minimum Gasteiger partial charge on any atom is -0.497 e. The van der Waals surface area contributed by atoms with Crippen LogP contribution in [0.4, 0.5) is 0 Å². The van der Waals surface area contributed by atoms with Gasteiger partial charge in [-0.05, 0) is 50.6 Å². The number of carbonyl (C=O) groups excluding carboxylic acids is 2. The lowest BCUT2D eigenvalue weighted by molar-refractivity contribution is 0.0525. The van der Waals surface area contributed by atoms with Gasteiger partial charge in [-0.15, -0.1) is 11.8 Å². The quantitative estimate of drug-likeness (QED) is 0.469. The number of methoxy groups -OCH3 is 1. The van der Waals surface area contributed by atoms with E-state index >= 15 is 0 Å². The predicted molar refractivity (Wildman–Crippen MR) is 94.3 cm³/mol. The lowest BCUT2D eigenvalue weighted by atomic mass is 10.1. The Morgan fingerprint density at radius 3 is 2.42 bits per heavy atom. The third kappa shape index (κ3) is 4.00. The first-order valence-corrected chi connectivity index (χ1v) is 8.62. The highest BCUT2D eigenvalue weighted by Gasteiger charge is 2.22. The molecule has 0 aliphatic heterocycles. The van der Waals surface area contributed by atoms with Crippen molar-refractivity contribution in [3.05, 3.63) is 46.8 Å². The minimum atomic E-state index is -0.398. The molecular formula is C18H21NO4S. The van der Waals surface area contributed by atoms with Gasteiger partial charge in [0.25, 0.3) is 0 Å². The summed E-state index contributed by atoms with van der Waals surface area (Å²) in [5.41, 5.74) is 2.22. The van der Waals surface area contributed by atoms with E-state index in [-0.39, 0.29) is 11.5 Å². The van der Waals surface area contributed by atoms with E-state index < -0.39 is 5.97 Å². The Morgan fingerprint density at radius 2 is 1.83 bits per heavy atom. The number of esters is 1. The smallest absolute Gasteiger partial charge is 0.340 e. The minimum absolute atomic E-state index is 0.0491. The van der Waals surface area contributed by atoms with E-state index in [2.05, 4.69) is 4.98 Å². The largest absolute Gasteiger partial charge is 0.497 e. The fourth-order valence-electron chi connectivity index (χ4n) is 2.43. The molecule has 0 saturated carbocycles. The maximum atomic E-state index is 12.5. The number of nitrogens with one attached hydrogen (secondary N) is 1. The van der Waals surface area contributed by atoms with Crippen molar-refractivity contribution in [2.75, 3.05) is 19.5 Å². The van der Waals surface area contributed by atoms with Crippen LogP contribution < -0.4 is 4.74 Å². The molecule has 0 bridgehead atoms. The molecule has 0 saturated heterocycles. The molecular weight excluding hydrogens is 326 g/mol. The summed E-state index contributed by atoms with van der Waals surface area (Å²) in [7, 11) is 1.61. The lowest BCUT2D eigenvalue weighted by Crippen LogP contribution is -2.08. The molecule has 0 atom stereocenters. The maximum Gasteiger partial charge on any atom is 0.340 e. The van der Waals surface area contributed by atoms with E-state index in [9.17, 15) is 9.59 Å². The third-order valence-corrected chi connectivity index (χ3v) is 4.64. The fraction of sp³-hybridized carbons (Fsp3) is 0.333. The van der Waals surface area contributed by atoms with Gasteiger partial charge in [-0.25, -0.2) is 4.79 Å². The first-order valence-electron chi connectivity index (χ1n) is 7.64.